The Morgan fingerprint density at radius 1 is 1.23 bits per heavy atom. The minimum atomic E-state index is -0.108. The molecule has 26 heavy (non-hydrogen) atoms. The second-order valence-electron chi connectivity index (χ2n) is 6.76. The fraction of sp³-hybridized carbons (Fsp3) is 0.500. The molecule has 0 bridgehead atoms. The van der Waals surface area contributed by atoms with Crippen molar-refractivity contribution in [1.29, 1.82) is 0 Å². The van der Waals surface area contributed by atoms with Crippen LogP contribution in [0.4, 0.5) is 11.4 Å². The number of anilines is 2. The molecule has 2 amide bonds. The van der Waals surface area contributed by atoms with Crippen molar-refractivity contribution in [3.05, 3.63) is 23.2 Å². The van der Waals surface area contributed by atoms with E-state index in [1.54, 1.807) is 13.0 Å². The van der Waals surface area contributed by atoms with E-state index in [1.165, 1.54) is 0 Å². The SMILES string of the molecule is CC(=O)N1CCN(c2ccc(NC(=S)NC(=O)CC(C)C)cc2Cl)CC1. The first kappa shape index (κ1) is 20.5. The van der Waals surface area contributed by atoms with Gasteiger partial charge >= 0.3 is 0 Å². The third-order valence-electron chi connectivity index (χ3n) is 4.12. The van der Waals surface area contributed by atoms with Crippen LogP contribution in [0.3, 0.4) is 0 Å². The number of rotatable bonds is 4. The molecular formula is C18H25ClN4O2S. The summed E-state index contributed by atoms with van der Waals surface area (Å²) in [5, 5.41) is 6.50. The van der Waals surface area contributed by atoms with Crippen LogP contribution in [0, 0.1) is 5.92 Å². The van der Waals surface area contributed by atoms with Crippen LogP contribution in [0.15, 0.2) is 18.2 Å². The minimum Gasteiger partial charge on any atom is -0.367 e. The Hall–Kier alpha value is -1.86. The molecule has 0 radical (unpaired) electrons. The fourth-order valence-corrected chi connectivity index (χ4v) is 3.35. The molecule has 1 aliphatic heterocycles. The molecule has 1 aromatic rings. The van der Waals surface area contributed by atoms with Crippen molar-refractivity contribution in [2.75, 3.05) is 36.4 Å². The largest absolute Gasteiger partial charge is 0.367 e. The molecule has 1 aromatic carbocycles. The number of halogens is 1. The molecular weight excluding hydrogens is 372 g/mol. The normalized spacial score (nSPS) is 14.3. The van der Waals surface area contributed by atoms with Gasteiger partial charge in [0.1, 0.15) is 0 Å². The van der Waals surface area contributed by atoms with Gasteiger partial charge in [0.25, 0.3) is 0 Å². The van der Waals surface area contributed by atoms with E-state index in [1.807, 2.05) is 30.9 Å². The van der Waals surface area contributed by atoms with E-state index in [-0.39, 0.29) is 22.8 Å². The number of hydrogen-bond acceptors (Lipinski definition) is 4. The van der Waals surface area contributed by atoms with Gasteiger partial charge in [-0.15, -0.1) is 0 Å². The monoisotopic (exact) mass is 396 g/mol. The number of thiocarbonyl (C=S) groups is 1. The molecule has 8 heteroatoms. The van der Waals surface area contributed by atoms with E-state index in [4.69, 9.17) is 23.8 Å². The molecule has 1 aliphatic rings. The number of amides is 2. The van der Waals surface area contributed by atoms with E-state index < -0.39 is 0 Å². The van der Waals surface area contributed by atoms with E-state index in [0.717, 1.165) is 24.5 Å². The van der Waals surface area contributed by atoms with Crippen molar-refractivity contribution < 1.29 is 9.59 Å². The number of carbonyl (C=O) groups is 2. The lowest BCUT2D eigenvalue weighted by atomic mass is 10.1. The van der Waals surface area contributed by atoms with Crippen LogP contribution >= 0.6 is 23.8 Å². The lowest BCUT2D eigenvalue weighted by molar-refractivity contribution is -0.129. The van der Waals surface area contributed by atoms with Crippen LogP contribution in [-0.2, 0) is 9.59 Å². The Balaban J connectivity index is 1.94. The Kier molecular flexibility index (Phi) is 7.23. The standard InChI is InChI=1S/C18H25ClN4O2S/c1-12(2)10-17(25)21-18(26)20-14-4-5-16(15(19)11-14)23-8-6-22(7-9-23)13(3)24/h4-5,11-12H,6-10H2,1-3H3,(H2,20,21,25,26). The molecule has 0 unspecified atom stereocenters. The van der Waals surface area contributed by atoms with Crippen LogP contribution in [-0.4, -0.2) is 48.0 Å². The molecule has 0 aliphatic carbocycles. The predicted molar refractivity (Wildman–Crippen MR) is 110 cm³/mol. The van der Waals surface area contributed by atoms with Gasteiger partial charge in [0.15, 0.2) is 5.11 Å². The maximum atomic E-state index is 11.8. The van der Waals surface area contributed by atoms with Crippen molar-refractivity contribution in [1.82, 2.24) is 10.2 Å². The quantitative estimate of drug-likeness (QED) is 0.766. The summed E-state index contributed by atoms with van der Waals surface area (Å²) in [4.78, 5) is 27.2. The summed E-state index contributed by atoms with van der Waals surface area (Å²) in [7, 11) is 0. The molecule has 142 valence electrons. The van der Waals surface area contributed by atoms with Gasteiger partial charge in [-0.05, 0) is 36.3 Å². The van der Waals surface area contributed by atoms with Gasteiger partial charge in [0.05, 0.1) is 10.7 Å². The highest BCUT2D eigenvalue weighted by Gasteiger charge is 2.20. The number of nitrogens with zero attached hydrogens (tertiary/aromatic N) is 2. The fourth-order valence-electron chi connectivity index (χ4n) is 2.81. The van der Waals surface area contributed by atoms with Gasteiger partial charge in [0, 0.05) is 45.2 Å². The topological polar surface area (TPSA) is 64.7 Å². The van der Waals surface area contributed by atoms with Crippen LogP contribution in [0.2, 0.25) is 5.02 Å². The molecule has 0 atom stereocenters. The van der Waals surface area contributed by atoms with E-state index in [2.05, 4.69) is 15.5 Å². The van der Waals surface area contributed by atoms with Crippen molar-refractivity contribution in [2.45, 2.75) is 27.2 Å². The highest BCUT2D eigenvalue weighted by Crippen LogP contribution is 2.29. The maximum Gasteiger partial charge on any atom is 0.226 e. The molecule has 1 heterocycles. The number of nitrogens with one attached hydrogen (secondary N) is 2. The van der Waals surface area contributed by atoms with Gasteiger partial charge in [-0.3, -0.25) is 9.59 Å². The Morgan fingerprint density at radius 2 is 1.88 bits per heavy atom. The van der Waals surface area contributed by atoms with Crippen LogP contribution in [0.25, 0.3) is 0 Å². The summed E-state index contributed by atoms with van der Waals surface area (Å²) >= 11 is 11.6. The third-order valence-corrected chi connectivity index (χ3v) is 4.62. The summed E-state index contributed by atoms with van der Waals surface area (Å²) in [5.41, 5.74) is 1.64. The van der Waals surface area contributed by atoms with E-state index in [9.17, 15) is 9.59 Å². The number of carbonyl (C=O) groups excluding carboxylic acids is 2. The number of benzene rings is 1. The molecule has 0 aromatic heterocycles. The first-order valence-electron chi connectivity index (χ1n) is 8.67. The average Bonchev–Trinajstić information content (AvgIpc) is 2.54. The van der Waals surface area contributed by atoms with Gasteiger partial charge in [-0.25, -0.2) is 0 Å². The molecule has 0 saturated carbocycles. The zero-order chi connectivity index (χ0) is 19.3. The lowest BCUT2D eigenvalue weighted by Gasteiger charge is -2.36. The van der Waals surface area contributed by atoms with Crippen molar-refractivity contribution in [2.24, 2.45) is 5.92 Å². The minimum absolute atomic E-state index is 0.100. The Labute approximate surface area is 164 Å². The Morgan fingerprint density at radius 3 is 2.42 bits per heavy atom. The first-order valence-corrected chi connectivity index (χ1v) is 9.45. The molecule has 0 spiro atoms. The summed E-state index contributed by atoms with van der Waals surface area (Å²) in [6, 6.07) is 5.58. The maximum absolute atomic E-state index is 11.8. The summed E-state index contributed by atoms with van der Waals surface area (Å²) < 4.78 is 0. The second-order valence-corrected chi connectivity index (χ2v) is 7.58. The summed E-state index contributed by atoms with van der Waals surface area (Å²) in [5.74, 6) is 0.266. The average molecular weight is 397 g/mol. The molecule has 1 saturated heterocycles. The summed E-state index contributed by atoms with van der Waals surface area (Å²) in [6.07, 6.45) is 0.424. The van der Waals surface area contributed by atoms with Gasteiger partial charge in [0.2, 0.25) is 11.8 Å². The van der Waals surface area contributed by atoms with E-state index in [0.29, 0.717) is 24.5 Å². The zero-order valence-corrected chi connectivity index (χ0v) is 16.9. The lowest BCUT2D eigenvalue weighted by Crippen LogP contribution is -2.48. The summed E-state index contributed by atoms with van der Waals surface area (Å²) in [6.45, 7) is 8.42. The molecule has 2 N–H and O–H groups in total. The molecule has 1 fully saturated rings. The smallest absolute Gasteiger partial charge is 0.226 e. The first-order chi connectivity index (χ1) is 12.3. The predicted octanol–water partition coefficient (Wildman–Crippen LogP) is 2.87. The van der Waals surface area contributed by atoms with Crippen molar-refractivity contribution >= 4 is 52.1 Å². The van der Waals surface area contributed by atoms with E-state index >= 15 is 0 Å². The number of hydrogen-bond donors (Lipinski definition) is 2. The van der Waals surface area contributed by atoms with Crippen molar-refractivity contribution in [3.63, 3.8) is 0 Å². The molecule has 2 rings (SSSR count). The van der Waals surface area contributed by atoms with Gasteiger partial charge in [-0.2, -0.15) is 0 Å². The second kappa shape index (κ2) is 9.19. The zero-order valence-electron chi connectivity index (χ0n) is 15.3. The van der Waals surface area contributed by atoms with Crippen LogP contribution < -0.4 is 15.5 Å². The van der Waals surface area contributed by atoms with Gasteiger partial charge in [-0.1, -0.05) is 25.4 Å². The van der Waals surface area contributed by atoms with Gasteiger partial charge < -0.3 is 20.4 Å². The van der Waals surface area contributed by atoms with Crippen LogP contribution in [0.5, 0.6) is 0 Å². The van der Waals surface area contributed by atoms with Crippen molar-refractivity contribution in [3.8, 4) is 0 Å². The highest BCUT2D eigenvalue weighted by atomic mass is 35.5. The number of piperazine rings is 1. The van der Waals surface area contributed by atoms with Crippen LogP contribution in [0.1, 0.15) is 27.2 Å². The third kappa shape index (κ3) is 5.85. The Bertz CT molecular complexity index is 688. The highest BCUT2D eigenvalue weighted by molar-refractivity contribution is 7.80. The molecule has 6 nitrogen and oxygen atoms in total.